The van der Waals surface area contributed by atoms with Gasteiger partial charge in [-0.2, -0.15) is 4.40 Å². The lowest BCUT2D eigenvalue weighted by Crippen LogP contribution is -2.32. The number of aromatic nitrogens is 1. The molecule has 3 rings (SSSR count). The van der Waals surface area contributed by atoms with Gasteiger partial charge in [-0.15, -0.1) is 0 Å². The number of hydrogen-bond donors (Lipinski definition) is 2. The Kier molecular flexibility index (Phi) is 4.35. The van der Waals surface area contributed by atoms with Gasteiger partial charge in [0, 0.05) is 17.7 Å². The van der Waals surface area contributed by atoms with Gasteiger partial charge in [0.1, 0.15) is 11.3 Å². The van der Waals surface area contributed by atoms with Gasteiger partial charge in [0.25, 0.3) is 17.0 Å². The number of nitrogen functional groups attached to an aromatic ring is 1. The van der Waals surface area contributed by atoms with Crippen LogP contribution >= 0.6 is 0 Å². The number of nitrogens with two attached hydrogens (primary N) is 1. The minimum Gasteiger partial charge on any atom is -0.502 e. The fourth-order valence-corrected chi connectivity index (χ4v) is 2.66. The number of anilines is 1. The maximum Gasteiger partial charge on any atom is 0.342 e. The summed E-state index contributed by atoms with van der Waals surface area (Å²) < 4.78 is 6.45. The van der Waals surface area contributed by atoms with E-state index in [1.165, 1.54) is 10.5 Å². The highest BCUT2D eigenvalue weighted by molar-refractivity contribution is 6.08. The monoisotopic (exact) mass is 337 g/mol. The van der Waals surface area contributed by atoms with Crippen LogP contribution in [0.4, 0.5) is 5.69 Å². The minimum atomic E-state index is -0.715. The maximum absolute atomic E-state index is 12.9. The normalized spacial score (nSPS) is 10.6. The van der Waals surface area contributed by atoms with E-state index in [0.29, 0.717) is 5.56 Å². The van der Waals surface area contributed by atoms with Crippen molar-refractivity contribution in [3.8, 4) is 5.75 Å². The second kappa shape index (κ2) is 6.60. The summed E-state index contributed by atoms with van der Waals surface area (Å²) in [7, 11) is 0. The molecule has 126 valence electrons. The van der Waals surface area contributed by atoms with Crippen LogP contribution in [0.15, 0.2) is 54.7 Å². The van der Waals surface area contributed by atoms with Crippen molar-refractivity contribution in [2.45, 2.75) is 6.92 Å². The SMILES string of the molecule is CCOC(=O)c1cc(C(=O)c2ccccc2)[n+]2cccc(N)c2c1O. The molecule has 0 aliphatic rings. The van der Waals surface area contributed by atoms with E-state index in [2.05, 4.69) is 0 Å². The van der Waals surface area contributed by atoms with Crippen molar-refractivity contribution in [3.63, 3.8) is 0 Å². The number of fused-ring (bicyclic) bond motifs is 1. The highest BCUT2D eigenvalue weighted by atomic mass is 16.5. The molecule has 2 aromatic heterocycles. The summed E-state index contributed by atoms with van der Waals surface area (Å²) in [5.74, 6) is -1.33. The molecule has 0 atom stereocenters. The number of esters is 1. The Labute approximate surface area is 144 Å². The van der Waals surface area contributed by atoms with Crippen LogP contribution in [0.3, 0.4) is 0 Å². The number of carbonyl (C=O) groups excluding carboxylic acids is 2. The van der Waals surface area contributed by atoms with E-state index in [1.807, 2.05) is 0 Å². The first kappa shape index (κ1) is 16.4. The van der Waals surface area contributed by atoms with E-state index in [1.54, 1.807) is 55.6 Å². The zero-order valence-corrected chi connectivity index (χ0v) is 13.6. The average molecular weight is 337 g/mol. The third-order valence-corrected chi connectivity index (χ3v) is 3.81. The van der Waals surface area contributed by atoms with Gasteiger partial charge >= 0.3 is 5.97 Å². The van der Waals surface area contributed by atoms with Crippen molar-refractivity contribution in [1.82, 2.24) is 0 Å². The number of hydrogen-bond acceptors (Lipinski definition) is 5. The lowest BCUT2D eigenvalue weighted by atomic mass is 10.0. The summed E-state index contributed by atoms with van der Waals surface area (Å²) >= 11 is 0. The van der Waals surface area contributed by atoms with E-state index < -0.39 is 5.97 Å². The molecule has 1 aromatic carbocycles. The highest BCUT2D eigenvalue weighted by Crippen LogP contribution is 2.27. The molecule has 25 heavy (non-hydrogen) atoms. The first-order valence-electron chi connectivity index (χ1n) is 7.77. The van der Waals surface area contributed by atoms with Crippen LogP contribution in [-0.4, -0.2) is 23.5 Å². The number of pyridine rings is 2. The zero-order valence-electron chi connectivity index (χ0n) is 13.6. The van der Waals surface area contributed by atoms with Crippen molar-refractivity contribution in [3.05, 3.63) is 71.5 Å². The van der Waals surface area contributed by atoms with E-state index >= 15 is 0 Å². The molecular formula is C19H17N2O4+. The van der Waals surface area contributed by atoms with Crippen LogP contribution in [0, 0.1) is 0 Å². The average Bonchev–Trinajstić information content (AvgIpc) is 2.62. The molecule has 0 spiro atoms. The summed E-state index contributed by atoms with van der Waals surface area (Å²) in [5, 5.41) is 10.5. The third-order valence-electron chi connectivity index (χ3n) is 3.81. The molecule has 0 fully saturated rings. The minimum absolute atomic E-state index is 0.0981. The molecule has 0 bridgehead atoms. The summed E-state index contributed by atoms with van der Waals surface area (Å²) in [6, 6.07) is 13.2. The lowest BCUT2D eigenvalue weighted by molar-refractivity contribution is -0.514. The summed E-state index contributed by atoms with van der Waals surface area (Å²) in [6.45, 7) is 1.81. The van der Waals surface area contributed by atoms with E-state index in [9.17, 15) is 14.7 Å². The molecule has 0 amide bonds. The van der Waals surface area contributed by atoms with Crippen LogP contribution in [0.5, 0.6) is 5.75 Å². The third kappa shape index (κ3) is 2.89. The van der Waals surface area contributed by atoms with Crippen molar-refractivity contribution in [2.24, 2.45) is 0 Å². The van der Waals surface area contributed by atoms with Crippen LogP contribution < -0.4 is 10.1 Å². The number of rotatable bonds is 4. The second-order valence-electron chi connectivity index (χ2n) is 5.39. The molecule has 3 N–H and O–H groups in total. The molecule has 0 radical (unpaired) electrons. The number of ketones is 1. The van der Waals surface area contributed by atoms with E-state index in [4.69, 9.17) is 10.5 Å². The van der Waals surface area contributed by atoms with Gasteiger partial charge in [-0.25, -0.2) is 4.79 Å². The van der Waals surface area contributed by atoms with Gasteiger partial charge in [-0.3, -0.25) is 4.79 Å². The maximum atomic E-state index is 12.9. The molecule has 0 aliphatic heterocycles. The smallest absolute Gasteiger partial charge is 0.342 e. The van der Waals surface area contributed by atoms with Crippen LogP contribution in [-0.2, 0) is 4.74 Å². The second-order valence-corrected chi connectivity index (χ2v) is 5.39. The quantitative estimate of drug-likeness (QED) is 0.432. The van der Waals surface area contributed by atoms with Crippen LogP contribution in [0.1, 0.15) is 33.3 Å². The fraction of sp³-hybridized carbons (Fsp3) is 0.105. The molecule has 0 saturated heterocycles. The number of aromatic hydroxyl groups is 1. The summed E-state index contributed by atoms with van der Waals surface area (Å²) in [5.41, 5.74) is 6.96. The Bertz CT molecular complexity index is 968. The van der Waals surface area contributed by atoms with Crippen LogP contribution in [0.2, 0.25) is 0 Å². The Morgan fingerprint density at radius 3 is 2.56 bits per heavy atom. The van der Waals surface area contributed by atoms with Gasteiger partial charge in [0.05, 0.1) is 6.61 Å². The Balaban J connectivity index is 2.31. The molecule has 0 saturated carbocycles. The van der Waals surface area contributed by atoms with Crippen molar-refractivity contribution >= 4 is 23.0 Å². The van der Waals surface area contributed by atoms with Crippen LogP contribution in [0.25, 0.3) is 5.52 Å². The highest BCUT2D eigenvalue weighted by Gasteiger charge is 2.29. The standard InChI is InChI=1S/C19H16N2O4/c1-2-25-19(24)13-11-15(17(22)12-7-4-3-5-8-12)21-10-6-9-14(20)16(21)18(13)23/h3-11H,2H2,1H3,(H2-,20,22,23,24)/p+1. The predicted octanol–water partition coefficient (Wildman–Crippen LogP) is 2.12. The van der Waals surface area contributed by atoms with Crippen molar-refractivity contribution in [1.29, 1.82) is 0 Å². The first-order chi connectivity index (χ1) is 12.0. The molecule has 0 aliphatic carbocycles. The van der Waals surface area contributed by atoms with Gasteiger partial charge in [-0.1, -0.05) is 30.3 Å². The fourth-order valence-electron chi connectivity index (χ4n) is 2.66. The zero-order chi connectivity index (χ0) is 18.0. The van der Waals surface area contributed by atoms with Gasteiger partial charge in [0.2, 0.25) is 5.75 Å². The number of nitrogens with zero attached hydrogens (tertiary/aromatic N) is 1. The van der Waals surface area contributed by atoms with Gasteiger partial charge in [-0.05, 0) is 13.0 Å². The first-order valence-corrected chi connectivity index (χ1v) is 7.77. The van der Waals surface area contributed by atoms with Crippen molar-refractivity contribution in [2.75, 3.05) is 12.3 Å². The van der Waals surface area contributed by atoms with E-state index in [-0.39, 0.29) is 40.6 Å². The Hall–Kier alpha value is -3.41. The molecule has 3 aromatic rings. The predicted molar refractivity (Wildman–Crippen MR) is 91.5 cm³/mol. The van der Waals surface area contributed by atoms with Gasteiger partial charge < -0.3 is 15.6 Å². The molecule has 6 nitrogen and oxygen atoms in total. The Morgan fingerprint density at radius 1 is 1.16 bits per heavy atom. The Morgan fingerprint density at radius 2 is 1.88 bits per heavy atom. The van der Waals surface area contributed by atoms with E-state index in [0.717, 1.165) is 0 Å². The van der Waals surface area contributed by atoms with Crippen molar-refractivity contribution < 1.29 is 23.8 Å². The molecular weight excluding hydrogens is 320 g/mol. The number of ether oxygens (including phenoxy) is 1. The van der Waals surface area contributed by atoms with Gasteiger partial charge in [0.15, 0.2) is 6.20 Å². The molecule has 6 heteroatoms. The number of benzene rings is 1. The topological polar surface area (TPSA) is 93.7 Å². The summed E-state index contributed by atoms with van der Waals surface area (Å²) in [6.07, 6.45) is 1.61. The number of carbonyl (C=O) groups is 2. The largest absolute Gasteiger partial charge is 0.502 e. The molecule has 2 heterocycles. The molecule has 0 unspecified atom stereocenters. The summed E-state index contributed by atoms with van der Waals surface area (Å²) in [4.78, 5) is 25.1. The lowest BCUT2D eigenvalue weighted by Gasteiger charge is -2.08.